The molecule has 8 atom stereocenters. The summed E-state index contributed by atoms with van der Waals surface area (Å²) in [5.41, 5.74) is 4.01. The third kappa shape index (κ3) is 3.79. The summed E-state index contributed by atoms with van der Waals surface area (Å²) < 4.78 is 11.2. The van der Waals surface area contributed by atoms with Crippen LogP contribution in [0.3, 0.4) is 0 Å². The van der Waals surface area contributed by atoms with Crippen LogP contribution in [0.15, 0.2) is 48.5 Å². The number of ether oxygens (including phenoxy) is 2. The van der Waals surface area contributed by atoms with E-state index in [1.807, 2.05) is 0 Å². The Labute approximate surface area is 225 Å². The van der Waals surface area contributed by atoms with Crippen LogP contribution in [0.4, 0.5) is 0 Å². The molecule has 2 aromatic carbocycles. The Hall–Kier alpha value is -1.96. The molecule has 0 heterocycles. The van der Waals surface area contributed by atoms with Gasteiger partial charge in [-0.15, -0.1) is 0 Å². The number of fused-ring (bicyclic) bond motifs is 5. The summed E-state index contributed by atoms with van der Waals surface area (Å²) >= 11 is 0. The minimum atomic E-state index is 0.0433. The SMILES string of the molecule is CCC1CCC2C3CCC4CC(c5ccc(OC)cc5)(c5cccc(OC)c5)CCC4(C)C3CCC12C. The second kappa shape index (κ2) is 9.35. The van der Waals surface area contributed by atoms with Crippen molar-refractivity contribution in [1.29, 1.82) is 0 Å². The van der Waals surface area contributed by atoms with Gasteiger partial charge in [-0.05, 0) is 134 Å². The van der Waals surface area contributed by atoms with Gasteiger partial charge in [-0.2, -0.15) is 0 Å². The average Bonchev–Trinajstić information content (AvgIpc) is 3.29. The summed E-state index contributed by atoms with van der Waals surface area (Å²) in [5, 5.41) is 0. The van der Waals surface area contributed by atoms with E-state index < -0.39 is 0 Å². The van der Waals surface area contributed by atoms with Gasteiger partial charge in [0.2, 0.25) is 0 Å². The first kappa shape index (κ1) is 25.3. The Bertz CT molecular complexity index is 1110. The molecular weight excluding hydrogens is 452 g/mol. The van der Waals surface area contributed by atoms with Crippen LogP contribution in [0.25, 0.3) is 0 Å². The summed E-state index contributed by atoms with van der Waals surface area (Å²) in [6, 6.07) is 17.9. The molecular formula is C35H48O2. The van der Waals surface area contributed by atoms with Crippen molar-refractivity contribution in [1.82, 2.24) is 0 Å². The van der Waals surface area contributed by atoms with Gasteiger partial charge in [0.25, 0.3) is 0 Å². The largest absolute Gasteiger partial charge is 0.497 e. The molecule has 0 aliphatic heterocycles. The Morgan fingerprint density at radius 3 is 2.22 bits per heavy atom. The fourth-order valence-electron chi connectivity index (χ4n) is 10.6. The fourth-order valence-corrected chi connectivity index (χ4v) is 10.6. The number of benzene rings is 2. The molecule has 2 heteroatoms. The van der Waals surface area contributed by atoms with Crippen molar-refractivity contribution in [2.75, 3.05) is 14.2 Å². The monoisotopic (exact) mass is 500 g/mol. The molecule has 8 unspecified atom stereocenters. The van der Waals surface area contributed by atoms with Gasteiger partial charge in [0.1, 0.15) is 11.5 Å². The second-order valence-corrected chi connectivity index (χ2v) is 13.6. The van der Waals surface area contributed by atoms with Crippen molar-refractivity contribution >= 4 is 0 Å². The molecule has 200 valence electrons. The molecule has 4 fully saturated rings. The van der Waals surface area contributed by atoms with Gasteiger partial charge in [0.15, 0.2) is 0 Å². The van der Waals surface area contributed by atoms with E-state index in [0.29, 0.717) is 10.8 Å². The van der Waals surface area contributed by atoms with Crippen molar-refractivity contribution in [3.8, 4) is 11.5 Å². The number of hydrogen-bond acceptors (Lipinski definition) is 2. The minimum absolute atomic E-state index is 0.0433. The van der Waals surface area contributed by atoms with Crippen molar-refractivity contribution in [3.63, 3.8) is 0 Å². The molecule has 4 aliphatic rings. The molecule has 37 heavy (non-hydrogen) atoms. The predicted molar refractivity (Wildman–Crippen MR) is 152 cm³/mol. The molecule has 0 spiro atoms. The third-order valence-corrected chi connectivity index (χ3v) is 12.7. The van der Waals surface area contributed by atoms with E-state index in [9.17, 15) is 0 Å². The molecule has 0 saturated heterocycles. The van der Waals surface area contributed by atoms with Crippen molar-refractivity contribution in [2.45, 2.75) is 90.4 Å². The molecule has 2 nitrogen and oxygen atoms in total. The lowest BCUT2D eigenvalue weighted by molar-refractivity contribution is -0.119. The van der Waals surface area contributed by atoms with Crippen LogP contribution in [0.2, 0.25) is 0 Å². The predicted octanol–water partition coefficient (Wildman–Crippen LogP) is 9.06. The van der Waals surface area contributed by atoms with Crippen molar-refractivity contribution < 1.29 is 9.47 Å². The highest BCUT2D eigenvalue weighted by atomic mass is 16.5. The Morgan fingerprint density at radius 1 is 0.730 bits per heavy atom. The van der Waals surface area contributed by atoms with Crippen LogP contribution in [-0.2, 0) is 5.41 Å². The van der Waals surface area contributed by atoms with Crippen LogP contribution in [0, 0.1) is 40.4 Å². The Balaban J connectivity index is 1.35. The van der Waals surface area contributed by atoms with E-state index in [-0.39, 0.29) is 5.41 Å². The summed E-state index contributed by atoms with van der Waals surface area (Å²) in [6.07, 6.45) is 14.0. The van der Waals surface area contributed by atoms with E-state index in [0.717, 1.165) is 41.1 Å². The van der Waals surface area contributed by atoms with E-state index in [2.05, 4.69) is 69.3 Å². The first-order valence-corrected chi connectivity index (χ1v) is 15.2. The van der Waals surface area contributed by atoms with Gasteiger partial charge in [-0.25, -0.2) is 0 Å². The normalized spacial score (nSPS) is 40.8. The summed E-state index contributed by atoms with van der Waals surface area (Å²) in [7, 11) is 3.56. The van der Waals surface area contributed by atoms with Gasteiger partial charge in [-0.1, -0.05) is 51.5 Å². The first-order chi connectivity index (χ1) is 17.9. The Morgan fingerprint density at radius 2 is 1.49 bits per heavy atom. The van der Waals surface area contributed by atoms with Gasteiger partial charge < -0.3 is 9.47 Å². The Kier molecular flexibility index (Phi) is 6.40. The van der Waals surface area contributed by atoms with E-state index in [1.165, 1.54) is 75.3 Å². The zero-order chi connectivity index (χ0) is 25.8. The molecule has 4 aliphatic carbocycles. The second-order valence-electron chi connectivity index (χ2n) is 13.6. The highest BCUT2D eigenvalue weighted by Crippen LogP contribution is 2.69. The number of hydrogen-bond donors (Lipinski definition) is 0. The molecule has 6 rings (SSSR count). The fraction of sp³-hybridized carbons (Fsp3) is 0.657. The number of methoxy groups -OCH3 is 2. The average molecular weight is 501 g/mol. The molecule has 0 amide bonds. The van der Waals surface area contributed by atoms with Crippen molar-refractivity contribution in [2.24, 2.45) is 40.4 Å². The molecule has 0 aromatic heterocycles. The van der Waals surface area contributed by atoms with Crippen LogP contribution < -0.4 is 9.47 Å². The van der Waals surface area contributed by atoms with Gasteiger partial charge >= 0.3 is 0 Å². The molecule has 2 aromatic rings. The van der Waals surface area contributed by atoms with Crippen molar-refractivity contribution in [3.05, 3.63) is 59.7 Å². The molecule has 4 saturated carbocycles. The maximum absolute atomic E-state index is 5.71. The smallest absolute Gasteiger partial charge is 0.119 e. The highest BCUT2D eigenvalue weighted by Gasteiger charge is 2.61. The van der Waals surface area contributed by atoms with Crippen LogP contribution in [0.5, 0.6) is 11.5 Å². The topological polar surface area (TPSA) is 18.5 Å². The van der Waals surface area contributed by atoms with Gasteiger partial charge in [0, 0.05) is 5.41 Å². The van der Waals surface area contributed by atoms with E-state index >= 15 is 0 Å². The first-order valence-electron chi connectivity index (χ1n) is 15.2. The van der Waals surface area contributed by atoms with Gasteiger partial charge in [-0.3, -0.25) is 0 Å². The number of rotatable bonds is 5. The van der Waals surface area contributed by atoms with E-state index in [4.69, 9.17) is 9.47 Å². The summed E-state index contributed by atoms with van der Waals surface area (Å²) in [6.45, 7) is 7.84. The lowest BCUT2D eigenvalue weighted by Gasteiger charge is -2.63. The lowest BCUT2D eigenvalue weighted by atomic mass is 9.42. The molecule has 0 radical (unpaired) electrons. The zero-order valence-electron chi connectivity index (χ0n) is 23.9. The standard InChI is InChI=1S/C35H48O2/c1-6-24-13-17-31-30-16-12-27-23-35(25-10-14-28(36-4)15-11-25,26-8-7-9-29(22-26)37-5)21-20-34(27,3)32(30)18-19-33(24,31)2/h7-11,14-15,22,24,27,30-32H,6,12-13,16-21,23H2,1-5H3. The van der Waals surface area contributed by atoms with Crippen LogP contribution in [0.1, 0.15) is 96.1 Å². The van der Waals surface area contributed by atoms with Gasteiger partial charge in [0.05, 0.1) is 14.2 Å². The molecule has 0 bridgehead atoms. The lowest BCUT2D eigenvalue weighted by Crippen LogP contribution is -2.55. The highest BCUT2D eigenvalue weighted by molar-refractivity contribution is 5.45. The van der Waals surface area contributed by atoms with Crippen LogP contribution in [-0.4, -0.2) is 14.2 Å². The molecule has 0 N–H and O–H groups in total. The quantitative estimate of drug-likeness (QED) is 0.408. The summed E-state index contributed by atoms with van der Waals surface area (Å²) in [5.74, 6) is 6.51. The zero-order valence-corrected chi connectivity index (χ0v) is 23.9. The summed E-state index contributed by atoms with van der Waals surface area (Å²) in [4.78, 5) is 0. The van der Waals surface area contributed by atoms with Crippen LogP contribution >= 0.6 is 0 Å². The maximum atomic E-state index is 5.71. The van der Waals surface area contributed by atoms with E-state index in [1.54, 1.807) is 14.2 Å². The third-order valence-electron chi connectivity index (χ3n) is 12.7. The maximum Gasteiger partial charge on any atom is 0.119 e. The minimum Gasteiger partial charge on any atom is -0.497 e.